The van der Waals surface area contributed by atoms with Gasteiger partial charge in [-0.25, -0.2) is 13.4 Å². The lowest BCUT2D eigenvalue weighted by Crippen LogP contribution is -2.38. The fraction of sp³-hybridized carbons (Fsp3) is 0.353. The maximum absolute atomic E-state index is 12.3. The molecule has 2 heterocycles. The summed E-state index contributed by atoms with van der Waals surface area (Å²) in [6.45, 7) is 0. The molecule has 1 atom stereocenters. The minimum atomic E-state index is -3.01. The molecule has 1 aromatic heterocycles. The van der Waals surface area contributed by atoms with Gasteiger partial charge in [-0.05, 0) is 18.1 Å². The molecule has 2 aromatic rings. The first-order valence-electron chi connectivity index (χ1n) is 8.17. The normalized spacial score (nSPS) is 19.0. The van der Waals surface area contributed by atoms with E-state index in [0.717, 1.165) is 5.56 Å². The van der Waals surface area contributed by atoms with Gasteiger partial charge in [0.15, 0.2) is 9.84 Å². The molecule has 1 fully saturated rings. The number of thioether (sulfide) groups is 1. The van der Waals surface area contributed by atoms with Crippen molar-refractivity contribution in [1.29, 1.82) is 0 Å². The van der Waals surface area contributed by atoms with E-state index in [9.17, 15) is 13.2 Å². The summed E-state index contributed by atoms with van der Waals surface area (Å²) in [6.07, 6.45) is 4.25. The molecule has 0 bridgehead atoms. The molecular formula is C17H20N4O3S2. The average molecular weight is 393 g/mol. The predicted octanol–water partition coefficient (Wildman–Crippen LogP) is 1.71. The number of hydrogen-bond acceptors (Lipinski definition) is 6. The summed E-state index contributed by atoms with van der Waals surface area (Å²) in [6, 6.07) is 9.61. The van der Waals surface area contributed by atoms with Crippen LogP contribution in [0.15, 0.2) is 35.5 Å². The molecule has 26 heavy (non-hydrogen) atoms. The van der Waals surface area contributed by atoms with Gasteiger partial charge < -0.3 is 4.90 Å². The quantitative estimate of drug-likeness (QED) is 0.752. The number of sulfone groups is 1. The van der Waals surface area contributed by atoms with Gasteiger partial charge in [-0.3, -0.25) is 9.89 Å². The van der Waals surface area contributed by atoms with Gasteiger partial charge in [0.1, 0.15) is 5.82 Å². The zero-order valence-electron chi connectivity index (χ0n) is 14.3. The number of hydrogen-bond donors (Lipinski definition) is 1. The first-order chi connectivity index (χ1) is 12.4. The summed E-state index contributed by atoms with van der Waals surface area (Å²) >= 11 is 1.23. The molecular weight excluding hydrogens is 372 g/mol. The van der Waals surface area contributed by atoms with Gasteiger partial charge in [0.05, 0.1) is 17.3 Å². The molecule has 1 saturated heterocycles. The lowest BCUT2D eigenvalue weighted by atomic mass is 10.2. The molecule has 1 aromatic carbocycles. The van der Waals surface area contributed by atoms with Crippen LogP contribution in [-0.2, 0) is 14.6 Å². The van der Waals surface area contributed by atoms with Crippen LogP contribution in [0, 0.1) is 0 Å². The predicted molar refractivity (Wildman–Crippen MR) is 102 cm³/mol. The molecule has 1 unspecified atom stereocenters. The number of nitrogens with one attached hydrogen (secondary N) is 1. The third-order valence-corrected chi connectivity index (χ3v) is 6.77. The molecule has 1 N–H and O–H groups in total. The fourth-order valence-electron chi connectivity index (χ4n) is 2.65. The number of amides is 1. The van der Waals surface area contributed by atoms with E-state index in [2.05, 4.69) is 15.2 Å². The van der Waals surface area contributed by atoms with Crippen LogP contribution < -0.4 is 0 Å². The number of rotatable bonds is 6. The van der Waals surface area contributed by atoms with Crippen molar-refractivity contribution in [2.24, 2.45) is 0 Å². The van der Waals surface area contributed by atoms with Crippen LogP contribution in [0.2, 0.25) is 0 Å². The van der Waals surface area contributed by atoms with E-state index < -0.39 is 9.84 Å². The third-order valence-electron chi connectivity index (χ3n) is 4.19. The Kier molecular flexibility index (Phi) is 5.77. The second kappa shape index (κ2) is 8.05. The van der Waals surface area contributed by atoms with Crippen molar-refractivity contribution < 1.29 is 13.2 Å². The molecule has 9 heteroatoms. The highest BCUT2D eigenvalue weighted by molar-refractivity contribution is 7.99. The second-order valence-electron chi connectivity index (χ2n) is 6.10. The molecule has 0 saturated carbocycles. The Hall–Kier alpha value is -2.13. The van der Waals surface area contributed by atoms with Crippen molar-refractivity contribution in [2.75, 3.05) is 24.3 Å². The standard InChI is InChI=1S/C17H20N4O3S2/c1-21(14-9-10-26(23,24)12-14)16(22)11-25-17-18-15(19-20-17)8-7-13-5-3-2-4-6-13/h2-8,14H,9-12H2,1H3,(H,18,19,20)/b8-7+. The van der Waals surface area contributed by atoms with Crippen molar-refractivity contribution in [3.8, 4) is 0 Å². The topological polar surface area (TPSA) is 96.0 Å². The lowest BCUT2D eigenvalue weighted by molar-refractivity contribution is -0.128. The van der Waals surface area contributed by atoms with Gasteiger partial charge in [-0.15, -0.1) is 5.10 Å². The van der Waals surface area contributed by atoms with Crippen LogP contribution in [0.5, 0.6) is 0 Å². The van der Waals surface area contributed by atoms with Gasteiger partial charge in [0, 0.05) is 13.1 Å². The smallest absolute Gasteiger partial charge is 0.233 e. The summed E-state index contributed by atoms with van der Waals surface area (Å²) in [7, 11) is -1.35. The third kappa shape index (κ3) is 4.95. The van der Waals surface area contributed by atoms with Crippen molar-refractivity contribution in [2.45, 2.75) is 17.6 Å². The first-order valence-corrected chi connectivity index (χ1v) is 11.0. The van der Waals surface area contributed by atoms with Gasteiger partial charge in [-0.2, -0.15) is 0 Å². The molecule has 7 nitrogen and oxygen atoms in total. The number of H-pyrrole nitrogens is 1. The van der Waals surface area contributed by atoms with E-state index in [1.807, 2.05) is 42.5 Å². The Bertz CT molecular complexity index is 894. The van der Waals surface area contributed by atoms with Crippen molar-refractivity contribution in [3.63, 3.8) is 0 Å². The van der Waals surface area contributed by atoms with Gasteiger partial charge in [0.2, 0.25) is 11.1 Å². The Morgan fingerprint density at radius 1 is 1.35 bits per heavy atom. The molecule has 0 spiro atoms. The molecule has 0 aliphatic carbocycles. The molecule has 138 valence electrons. The van der Waals surface area contributed by atoms with Crippen LogP contribution in [-0.4, -0.2) is 64.8 Å². The highest BCUT2D eigenvalue weighted by Gasteiger charge is 2.32. The van der Waals surface area contributed by atoms with E-state index in [0.29, 0.717) is 17.4 Å². The van der Waals surface area contributed by atoms with Crippen molar-refractivity contribution >= 4 is 39.7 Å². The number of aromatic nitrogens is 3. The molecule has 0 radical (unpaired) electrons. The number of aromatic amines is 1. The summed E-state index contributed by atoms with van der Waals surface area (Å²) < 4.78 is 23.1. The zero-order valence-corrected chi connectivity index (χ0v) is 16.0. The van der Waals surface area contributed by atoms with Crippen LogP contribution in [0.1, 0.15) is 17.8 Å². The Labute approximate surface area is 156 Å². The maximum atomic E-state index is 12.3. The summed E-state index contributed by atoms with van der Waals surface area (Å²) in [5.41, 5.74) is 1.06. The van der Waals surface area contributed by atoms with Crippen LogP contribution in [0.25, 0.3) is 12.2 Å². The maximum Gasteiger partial charge on any atom is 0.233 e. The van der Waals surface area contributed by atoms with E-state index >= 15 is 0 Å². The highest BCUT2D eigenvalue weighted by Crippen LogP contribution is 2.19. The van der Waals surface area contributed by atoms with Crippen LogP contribution in [0.4, 0.5) is 0 Å². The summed E-state index contributed by atoms with van der Waals surface area (Å²) in [5, 5.41) is 7.40. The first kappa shape index (κ1) is 18.7. The average Bonchev–Trinajstić information content (AvgIpc) is 3.24. The van der Waals surface area contributed by atoms with Crippen LogP contribution >= 0.6 is 11.8 Å². The Morgan fingerprint density at radius 2 is 2.12 bits per heavy atom. The number of carbonyl (C=O) groups excluding carboxylic acids is 1. The van der Waals surface area contributed by atoms with E-state index in [-0.39, 0.29) is 29.2 Å². The molecule has 1 amide bonds. The minimum Gasteiger partial charge on any atom is -0.341 e. The largest absolute Gasteiger partial charge is 0.341 e. The SMILES string of the molecule is CN(C(=O)CSc1n[nH]c(/C=C/c2ccccc2)n1)C1CCS(=O)(=O)C1. The Balaban J connectivity index is 1.51. The second-order valence-corrected chi connectivity index (χ2v) is 9.27. The number of carbonyl (C=O) groups is 1. The van der Waals surface area contributed by atoms with E-state index in [1.54, 1.807) is 7.05 Å². The van der Waals surface area contributed by atoms with Gasteiger partial charge in [0.25, 0.3) is 0 Å². The number of benzene rings is 1. The van der Waals surface area contributed by atoms with Gasteiger partial charge in [-0.1, -0.05) is 48.2 Å². The highest BCUT2D eigenvalue weighted by atomic mass is 32.2. The monoisotopic (exact) mass is 392 g/mol. The summed E-state index contributed by atoms with van der Waals surface area (Å²) in [5.74, 6) is 0.865. The minimum absolute atomic E-state index is 0.0506. The van der Waals surface area contributed by atoms with Gasteiger partial charge >= 0.3 is 0 Å². The lowest BCUT2D eigenvalue weighted by Gasteiger charge is -2.22. The molecule has 1 aliphatic rings. The summed E-state index contributed by atoms with van der Waals surface area (Å²) in [4.78, 5) is 18.1. The van der Waals surface area contributed by atoms with Crippen LogP contribution in [0.3, 0.4) is 0 Å². The van der Waals surface area contributed by atoms with Crippen molar-refractivity contribution in [3.05, 3.63) is 41.7 Å². The van der Waals surface area contributed by atoms with Crippen molar-refractivity contribution in [1.82, 2.24) is 20.1 Å². The molecule has 1 aliphatic heterocycles. The zero-order chi connectivity index (χ0) is 18.6. The van der Waals surface area contributed by atoms with E-state index in [1.165, 1.54) is 16.7 Å². The van der Waals surface area contributed by atoms with E-state index in [4.69, 9.17) is 0 Å². The Morgan fingerprint density at radius 3 is 2.81 bits per heavy atom. The fourth-order valence-corrected chi connectivity index (χ4v) is 5.15. The number of nitrogens with zero attached hydrogens (tertiary/aromatic N) is 3. The molecule has 3 rings (SSSR count).